The molecule has 112 valence electrons. The second kappa shape index (κ2) is 6.32. The first kappa shape index (κ1) is 15.9. The standard InChI is InChI=1S/C9H13F3N6O2/c1-5-6(18(19)20)7(16-8(15-5)17-13)14-4-2-3-9(10,11)12/h2-4,13H2,1H3,(H2,14,15,16,17). The molecular weight excluding hydrogens is 281 g/mol. The Morgan fingerprint density at radius 1 is 1.40 bits per heavy atom. The van der Waals surface area contributed by atoms with Crippen LogP contribution in [0.3, 0.4) is 0 Å². The van der Waals surface area contributed by atoms with Gasteiger partial charge in [-0.2, -0.15) is 18.2 Å². The Hall–Kier alpha value is -2.17. The van der Waals surface area contributed by atoms with Crippen LogP contribution in [0.2, 0.25) is 0 Å². The van der Waals surface area contributed by atoms with E-state index in [1.807, 2.05) is 0 Å². The van der Waals surface area contributed by atoms with E-state index in [-0.39, 0.29) is 30.4 Å². The average Bonchev–Trinajstić information content (AvgIpc) is 2.32. The molecule has 11 heteroatoms. The summed E-state index contributed by atoms with van der Waals surface area (Å²) in [5.74, 6) is 4.87. The van der Waals surface area contributed by atoms with Crippen LogP contribution in [-0.2, 0) is 0 Å². The Kier molecular flexibility index (Phi) is 5.02. The molecule has 0 fully saturated rings. The van der Waals surface area contributed by atoms with Gasteiger partial charge in [-0.15, -0.1) is 0 Å². The molecule has 0 bridgehead atoms. The summed E-state index contributed by atoms with van der Waals surface area (Å²) in [4.78, 5) is 17.6. The number of hydrogen-bond acceptors (Lipinski definition) is 7. The normalized spacial score (nSPS) is 11.2. The zero-order chi connectivity index (χ0) is 15.3. The molecule has 0 spiro atoms. The van der Waals surface area contributed by atoms with Crippen LogP contribution in [0.5, 0.6) is 0 Å². The van der Waals surface area contributed by atoms with Gasteiger partial charge in [-0.05, 0) is 13.3 Å². The fourth-order valence-electron chi connectivity index (χ4n) is 1.47. The van der Waals surface area contributed by atoms with E-state index in [0.717, 1.165) is 0 Å². The first-order valence-corrected chi connectivity index (χ1v) is 5.55. The molecular formula is C9H13F3N6O2. The van der Waals surface area contributed by atoms with Gasteiger partial charge >= 0.3 is 11.9 Å². The topological polar surface area (TPSA) is 119 Å². The Labute approximate surface area is 111 Å². The Bertz CT molecular complexity index is 493. The maximum Gasteiger partial charge on any atom is 0.389 e. The van der Waals surface area contributed by atoms with E-state index in [1.54, 1.807) is 0 Å². The summed E-state index contributed by atoms with van der Waals surface area (Å²) < 4.78 is 36.0. The number of hydrogen-bond donors (Lipinski definition) is 3. The van der Waals surface area contributed by atoms with Gasteiger partial charge in [0.15, 0.2) is 0 Å². The van der Waals surface area contributed by atoms with Gasteiger partial charge in [-0.3, -0.25) is 15.5 Å². The molecule has 1 aromatic heterocycles. The summed E-state index contributed by atoms with van der Waals surface area (Å²) in [7, 11) is 0. The van der Waals surface area contributed by atoms with E-state index in [0.29, 0.717) is 0 Å². The summed E-state index contributed by atoms with van der Waals surface area (Å²) in [6.45, 7) is 1.27. The van der Waals surface area contributed by atoms with Crippen LogP contribution in [0, 0.1) is 17.0 Å². The van der Waals surface area contributed by atoms with Crippen molar-refractivity contribution in [2.75, 3.05) is 17.3 Å². The van der Waals surface area contributed by atoms with E-state index >= 15 is 0 Å². The lowest BCUT2D eigenvalue weighted by molar-refractivity contribution is -0.385. The molecule has 0 amide bonds. The number of halogens is 3. The largest absolute Gasteiger partial charge is 0.389 e. The number of nitrogens with two attached hydrogens (primary N) is 1. The van der Waals surface area contributed by atoms with E-state index in [4.69, 9.17) is 5.84 Å². The third-order valence-electron chi connectivity index (χ3n) is 2.30. The van der Waals surface area contributed by atoms with Gasteiger partial charge in [0, 0.05) is 13.0 Å². The minimum absolute atomic E-state index is 0.0521. The van der Waals surface area contributed by atoms with Gasteiger partial charge in [0.1, 0.15) is 5.69 Å². The summed E-state index contributed by atoms with van der Waals surface area (Å²) in [5.41, 5.74) is 1.78. The molecule has 1 heterocycles. The molecule has 0 aliphatic carbocycles. The monoisotopic (exact) mass is 294 g/mol. The Morgan fingerprint density at radius 3 is 2.55 bits per heavy atom. The van der Waals surface area contributed by atoms with Crippen molar-refractivity contribution in [3.8, 4) is 0 Å². The van der Waals surface area contributed by atoms with Crippen molar-refractivity contribution >= 4 is 17.5 Å². The summed E-state index contributed by atoms with van der Waals surface area (Å²) in [5, 5.41) is 13.4. The number of nitro groups is 1. The van der Waals surface area contributed by atoms with Crippen LogP contribution in [0.15, 0.2) is 0 Å². The first-order valence-electron chi connectivity index (χ1n) is 5.55. The zero-order valence-corrected chi connectivity index (χ0v) is 10.5. The lowest BCUT2D eigenvalue weighted by Crippen LogP contribution is -2.16. The van der Waals surface area contributed by atoms with Gasteiger partial charge in [0.2, 0.25) is 11.8 Å². The number of alkyl halides is 3. The van der Waals surface area contributed by atoms with E-state index in [1.165, 1.54) is 6.92 Å². The molecule has 20 heavy (non-hydrogen) atoms. The maximum atomic E-state index is 12.0. The molecule has 1 aromatic rings. The van der Waals surface area contributed by atoms with Crippen LogP contribution in [-0.4, -0.2) is 27.6 Å². The molecule has 0 aromatic carbocycles. The molecule has 0 atom stereocenters. The van der Waals surface area contributed by atoms with Gasteiger partial charge in [0.05, 0.1) is 4.92 Å². The van der Waals surface area contributed by atoms with Crippen LogP contribution < -0.4 is 16.6 Å². The highest BCUT2D eigenvalue weighted by molar-refractivity contribution is 5.60. The van der Waals surface area contributed by atoms with Crippen molar-refractivity contribution in [2.45, 2.75) is 25.9 Å². The number of aryl methyl sites for hydroxylation is 1. The highest BCUT2D eigenvalue weighted by Crippen LogP contribution is 2.27. The lowest BCUT2D eigenvalue weighted by Gasteiger charge is -2.10. The zero-order valence-electron chi connectivity index (χ0n) is 10.5. The number of nitrogen functional groups attached to an aromatic ring is 1. The predicted octanol–water partition coefficient (Wildman–Crippen LogP) is 1.73. The third-order valence-corrected chi connectivity index (χ3v) is 2.30. The van der Waals surface area contributed by atoms with E-state index in [9.17, 15) is 23.3 Å². The molecule has 0 saturated carbocycles. The third kappa shape index (κ3) is 4.50. The fraction of sp³-hybridized carbons (Fsp3) is 0.556. The van der Waals surface area contributed by atoms with Gasteiger partial charge < -0.3 is 5.32 Å². The smallest absolute Gasteiger partial charge is 0.364 e. The van der Waals surface area contributed by atoms with Crippen molar-refractivity contribution in [3.05, 3.63) is 15.8 Å². The second-order valence-corrected chi connectivity index (χ2v) is 3.88. The van der Waals surface area contributed by atoms with Gasteiger partial charge in [0.25, 0.3) is 0 Å². The quantitative estimate of drug-likeness (QED) is 0.316. The van der Waals surface area contributed by atoms with E-state index in [2.05, 4.69) is 20.7 Å². The SMILES string of the molecule is Cc1nc(NN)nc(NCCCC(F)(F)F)c1[N+](=O)[O-]. The van der Waals surface area contributed by atoms with Crippen LogP contribution in [0.4, 0.5) is 30.6 Å². The molecule has 8 nitrogen and oxygen atoms in total. The summed E-state index contributed by atoms with van der Waals surface area (Å²) in [6, 6.07) is 0. The number of anilines is 2. The number of aromatic nitrogens is 2. The summed E-state index contributed by atoms with van der Waals surface area (Å²) in [6.07, 6.45) is -5.48. The minimum Gasteiger partial charge on any atom is -0.364 e. The molecule has 4 N–H and O–H groups in total. The lowest BCUT2D eigenvalue weighted by atomic mass is 10.3. The Morgan fingerprint density at radius 2 is 2.05 bits per heavy atom. The van der Waals surface area contributed by atoms with Crippen LogP contribution >= 0.6 is 0 Å². The van der Waals surface area contributed by atoms with Crippen LogP contribution in [0.25, 0.3) is 0 Å². The van der Waals surface area contributed by atoms with Crippen molar-refractivity contribution < 1.29 is 18.1 Å². The van der Waals surface area contributed by atoms with Crippen LogP contribution in [0.1, 0.15) is 18.5 Å². The summed E-state index contributed by atoms with van der Waals surface area (Å²) >= 11 is 0. The maximum absolute atomic E-state index is 12.0. The van der Waals surface area contributed by atoms with E-state index < -0.39 is 23.2 Å². The molecule has 0 radical (unpaired) electrons. The fourth-order valence-corrected chi connectivity index (χ4v) is 1.47. The van der Waals surface area contributed by atoms with Crippen molar-refractivity contribution in [2.24, 2.45) is 5.84 Å². The van der Waals surface area contributed by atoms with Gasteiger partial charge in [-0.25, -0.2) is 10.8 Å². The Balaban J connectivity index is 2.82. The number of hydrazine groups is 1. The van der Waals surface area contributed by atoms with Crippen molar-refractivity contribution in [1.82, 2.24) is 9.97 Å². The molecule has 0 saturated heterocycles. The second-order valence-electron chi connectivity index (χ2n) is 3.88. The molecule has 1 rings (SSSR count). The highest BCUT2D eigenvalue weighted by atomic mass is 19.4. The number of nitrogens with one attached hydrogen (secondary N) is 2. The highest BCUT2D eigenvalue weighted by Gasteiger charge is 2.26. The first-order chi connectivity index (χ1) is 9.24. The molecule has 0 aliphatic heterocycles. The van der Waals surface area contributed by atoms with Gasteiger partial charge in [-0.1, -0.05) is 0 Å². The molecule has 0 aliphatic rings. The predicted molar refractivity (Wildman–Crippen MR) is 65.0 cm³/mol. The number of nitrogens with zero attached hydrogens (tertiary/aromatic N) is 3. The van der Waals surface area contributed by atoms with Crippen molar-refractivity contribution in [1.29, 1.82) is 0 Å². The van der Waals surface area contributed by atoms with Crippen molar-refractivity contribution in [3.63, 3.8) is 0 Å². The molecule has 0 unspecified atom stereocenters. The average molecular weight is 294 g/mol. The number of rotatable bonds is 6. The minimum atomic E-state index is -4.26.